The van der Waals surface area contributed by atoms with Crippen LogP contribution in [0.4, 0.5) is 0 Å². The zero-order chi connectivity index (χ0) is 14.0. The normalized spacial score (nSPS) is 23.6. The SMILES string of the molecule is CC1OCCC1CNS(=O)(=O)c1ccc(C(N)=S)s1. The molecule has 5 nitrogen and oxygen atoms in total. The fraction of sp³-hybridized carbons (Fsp3) is 0.545. The average molecular weight is 320 g/mol. The van der Waals surface area contributed by atoms with Crippen molar-refractivity contribution >= 4 is 38.6 Å². The van der Waals surface area contributed by atoms with Crippen LogP contribution in [0.3, 0.4) is 0 Å². The number of thiocarbonyl (C=S) groups is 1. The molecule has 1 saturated heterocycles. The Morgan fingerprint density at radius 3 is 2.89 bits per heavy atom. The highest BCUT2D eigenvalue weighted by atomic mass is 32.2. The first-order valence-electron chi connectivity index (χ1n) is 5.91. The summed E-state index contributed by atoms with van der Waals surface area (Å²) in [7, 11) is -3.49. The van der Waals surface area contributed by atoms with Crippen LogP contribution < -0.4 is 10.5 Å². The van der Waals surface area contributed by atoms with E-state index in [2.05, 4.69) is 4.72 Å². The molecule has 1 aromatic heterocycles. The van der Waals surface area contributed by atoms with E-state index in [1.54, 1.807) is 6.07 Å². The monoisotopic (exact) mass is 320 g/mol. The molecule has 2 unspecified atom stereocenters. The first-order valence-corrected chi connectivity index (χ1v) is 8.62. The second-order valence-electron chi connectivity index (χ2n) is 4.46. The van der Waals surface area contributed by atoms with Gasteiger partial charge in [0.25, 0.3) is 0 Å². The fourth-order valence-electron chi connectivity index (χ4n) is 1.93. The van der Waals surface area contributed by atoms with Gasteiger partial charge in [0.05, 0.1) is 11.0 Å². The molecule has 1 fully saturated rings. The van der Waals surface area contributed by atoms with Gasteiger partial charge in [0.15, 0.2) is 0 Å². The van der Waals surface area contributed by atoms with E-state index < -0.39 is 10.0 Å². The van der Waals surface area contributed by atoms with Gasteiger partial charge < -0.3 is 10.5 Å². The molecule has 0 radical (unpaired) electrons. The Morgan fingerprint density at radius 2 is 2.37 bits per heavy atom. The zero-order valence-corrected chi connectivity index (χ0v) is 12.9. The summed E-state index contributed by atoms with van der Waals surface area (Å²) in [6.07, 6.45) is 0.977. The van der Waals surface area contributed by atoms with Crippen LogP contribution in [0.1, 0.15) is 18.2 Å². The molecule has 0 aromatic carbocycles. The maximum absolute atomic E-state index is 12.1. The minimum Gasteiger partial charge on any atom is -0.389 e. The van der Waals surface area contributed by atoms with Gasteiger partial charge in [-0.3, -0.25) is 0 Å². The van der Waals surface area contributed by atoms with Crippen molar-refractivity contribution in [3.05, 3.63) is 17.0 Å². The van der Waals surface area contributed by atoms with E-state index in [1.165, 1.54) is 6.07 Å². The summed E-state index contributed by atoms with van der Waals surface area (Å²) in [5.74, 6) is 0.227. The van der Waals surface area contributed by atoms with E-state index in [0.29, 0.717) is 18.0 Å². The van der Waals surface area contributed by atoms with E-state index in [-0.39, 0.29) is 21.2 Å². The van der Waals surface area contributed by atoms with Gasteiger partial charge >= 0.3 is 0 Å². The third-order valence-corrected chi connectivity index (χ3v) is 6.54. The molecule has 106 valence electrons. The molecule has 0 amide bonds. The summed E-state index contributed by atoms with van der Waals surface area (Å²) < 4.78 is 32.5. The van der Waals surface area contributed by atoms with Crippen molar-refractivity contribution in [3.8, 4) is 0 Å². The van der Waals surface area contributed by atoms with Crippen molar-refractivity contribution in [1.82, 2.24) is 4.72 Å². The lowest BCUT2D eigenvalue weighted by atomic mass is 10.0. The Hall–Kier alpha value is -0.540. The third-order valence-electron chi connectivity index (χ3n) is 3.16. The Bertz CT molecular complexity index is 567. The molecule has 2 rings (SSSR count). The quantitative estimate of drug-likeness (QED) is 0.794. The molecular formula is C11H16N2O3S3. The average Bonchev–Trinajstić information content (AvgIpc) is 2.95. The fourth-order valence-corrected chi connectivity index (χ4v) is 4.42. The van der Waals surface area contributed by atoms with Crippen LogP contribution in [0.25, 0.3) is 0 Å². The molecule has 0 bridgehead atoms. The molecule has 19 heavy (non-hydrogen) atoms. The van der Waals surface area contributed by atoms with Gasteiger partial charge in [-0.25, -0.2) is 13.1 Å². The predicted octanol–water partition coefficient (Wildman–Crippen LogP) is 1.09. The van der Waals surface area contributed by atoms with Gasteiger partial charge in [-0.2, -0.15) is 0 Å². The largest absolute Gasteiger partial charge is 0.389 e. The molecular weight excluding hydrogens is 304 g/mol. The van der Waals surface area contributed by atoms with Crippen LogP contribution >= 0.6 is 23.6 Å². The van der Waals surface area contributed by atoms with E-state index in [4.69, 9.17) is 22.7 Å². The molecule has 8 heteroatoms. The summed E-state index contributed by atoms with van der Waals surface area (Å²) in [5, 5.41) is 0. The van der Waals surface area contributed by atoms with Gasteiger partial charge in [-0.1, -0.05) is 12.2 Å². The second kappa shape index (κ2) is 5.84. The third kappa shape index (κ3) is 3.51. The lowest BCUT2D eigenvalue weighted by Gasteiger charge is -2.14. The highest BCUT2D eigenvalue weighted by molar-refractivity contribution is 7.91. The Morgan fingerprint density at radius 1 is 1.63 bits per heavy atom. The number of hydrogen-bond acceptors (Lipinski definition) is 5. The van der Waals surface area contributed by atoms with Crippen LogP contribution in [0.15, 0.2) is 16.3 Å². The van der Waals surface area contributed by atoms with Crippen molar-refractivity contribution in [3.63, 3.8) is 0 Å². The van der Waals surface area contributed by atoms with Gasteiger partial charge in [-0.05, 0) is 25.5 Å². The number of nitrogens with one attached hydrogen (secondary N) is 1. The number of thiophene rings is 1. The van der Waals surface area contributed by atoms with Crippen LogP contribution in [-0.4, -0.2) is 32.7 Å². The number of ether oxygens (including phenoxy) is 1. The summed E-state index contributed by atoms with van der Waals surface area (Å²) in [5.41, 5.74) is 5.47. The maximum atomic E-state index is 12.1. The standard InChI is InChI=1S/C11H16N2O3S3/c1-7-8(4-5-16-7)6-13-19(14,15)10-3-2-9(18-10)11(12)17/h2-3,7-8,13H,4-6H2,1H3,(H2,12,17). The molecule has 3 N–H and O–H groups in total. The maximum Gasteiger partial charge on any atom is 0.250 e. The van der Waals surface area contributed by atoms with Gasteiger partial charge in [0.2, 0.25) is 10.0 Å². The Balaban J connectivity index is 2.03. The van der Waals surface area contributed by atoms with Crippen LogP contribution in [0, 0.1) is 5.92 Å². The first-order chi connectivity index (χ1) is 8.90. The molecule has 1 aromatic rings. The lowest BCUT2D eigenvalue weighted by molar-refractivity contribution is 0.107. The topological polar surface area (TPSA) is 81.4 Å². The van der Waals surface area contributed by atoms with Crippen molar-refractivity contribution < 1.29 is 13.2 Å². The predicted molar refractivity (Wildman–Crippen MR) is 78.9 cm³/mol. The number of nitrogens with two attached hydrogens (primary N) is 1. The minimum absolute atomic E-state index is 0.0956. The molecule has 2 heterocycles. The highest BCUT2D eigenvalue weighted by Crippen LogP contribution is 2.23. The minimum atomic E-state index is -3.49. The number of hydrogen-bond donors (Lipinski definition) is 2. The van der Waals surface area contributed by atoms with Crippen molar-refractivity contribution in [2.45, 2.75) is 23.7 Å². The molecule has 1 aliphatic heterocycles. The number of rotatable bonds is 5. The van der Waals surface area contributed by atoms with Crippen LogP contribution in [0.5, 0.6) is 0 Å². The summed E-state index contributed by atoms with van der Waals surface area (Å²) in [6.45, 7) is 3.05. The van der Waals surface area contributed by atoms with E-state index >= 15 is 0 Å². The summed E-state index contributed by atoms with van der Waals surface area (Å²) in [6, 6.07) is 3.15. The summed E-state index contributed by atoms with van der Waals surface area (Å²) >= 11 is 5.91. The van der Waals surface area contributed by atoms with Crippen molar-refractivity contribution in [2.24, 2.45) is 11.7 Å². The van der Waals surface area contributed by atoms with Gasteiger partial charge in [-0.15, -0.1) is 11.3 Å². The highest BCUT2D eigenvalue weighted by Gasteiger charge is 2.26. The van der Waals surface area contributed by atoms with E-state index in [0.717, 1.165) is 17.8 Å². The van der Waals surface area contributed by atoms with Crippen molar-refractivity contribution in [1.29, 1.82) is 0 Å². The lowest BCUT2D eigenvalue weighted by Crippen LogP contribution is -2.31. The Kier molecular flexibility index (Phi) is 4.57. The zero-order valence-electron chi connectivity index (χ0n) is 10.5. The van der Waals surface area contributed by atoms with Crippen LogP contribution in [0.2, 0.25) is 0 Å². The number of sulfonamides is 1. The van der Waals surface area contributed by atoms with Gasteiger partial charge in [0, 0.05) is 19.1 Å². The molecule has 0 saturated carbocycles. The second-order valence-corrected chi connectivity index (χ2v) is 7.98. The first kappa shape index (κ1) is 14.9. The van der Waals surface area contributed by atoms with Crippen molar-refractivity contribution in [2.75, 3.05) is 13.2 Å². The van der Waals surface area contributed by atoms with Crippen LogP contribution in [-0.2, 0) is 14.8 Å². The molecule has 1 aliphatic rings. The summed E-state index contributed by atoms with van der Waals surface area (Å²) in [4.78, 5) is 0.817. The molecule has 2 atom stereocenters. The Labute approximate surface area is 122 Å². The van der Waals surface area contributed by atoms with Gasteiger partial charge in [0.1, 0.15) is 9.20 Å². The van der Waals surface area contributed by atoms with E-state index in [1.807, 2.05) is 6.92 Å². The van der Waals surface area contributed by atoms with E-state index in [9.17, 15) is 8.42 Å². The molecule has 0 aliphatic carbocycles. The smallest absolute Gasteiger partial charge is 0.250 e. The molecule has 0 spiro atoms.